The molecule has 2 aromatic heterocycles. The summed E-state index contributed by atoms with van der Waals surface area (Å²) in [4.78, 5) is 8.27. The zero-order valence-electron chi connectivity index (χ0n) is 9.25. The predicted molar refractivity (Wildman–Crippen MR) is 60.2 cm³/mol. The van der Waals surface area contributed by atoms with Gasteiger partial charge in [0.15, 0.2) is 0 Å². The Hall–Kier alpha value is -2.15. The zero-order valence-corrected chi connectivity index (χ0v) is 9.25. The van der Waals surface area contributed by atoms with Crippen LogP contribution >= 0.6 is 0 Å². The van der Waals surface area contributed by atoms with Crippen LogP contribution in [0.2, 0.25) is 0 Å². The highest BCUT2D eigenvalue weighted by Crippen LogP contribution is 2.18. The standard InChI is InChI=1S/C12H12N4/c1-9(2)10-3-4-12(15-11(10)7-13)16-6-5-14-8-16/h3-6,8-9H,1-2H3. The van der Waals surface area contributed by atoms with Gasteiger partial charge < -0.3 is 0 Å². The van der Waals surface area contributed by atoms with Gasteiger partial charge in [-0.1, -0.05) is 19.9 Å². The van der Waals surface area contributed by atoms with Gasteiger partial charge in [0.1, 0.15) is 23.9 Å². The predicted octanol–water partition coefficient (Wildman–Crippen LogP) is 2.26. The molecule has 2 aromatic rings. The largest absolute Gasteiger partial charge is 0.290 e. The molecule has 0 fully saturated rings. The molecule has 0 aliphatic carbocycles. The first kappa shape index (κ1) is 10.4. The van der Waals surface area contributed by atoms with Crippen molar-refractivity contribution < 1.29 is 0 Å². The Bertz CT molecular complexity index is 520. The van der Waals surface area contributed by atoms with Crippen LogP contribution in [0.25, 0.3) is 5.82 Å². The van der Waals surface area contributed by atoms with Gasteiger partial charge in [0.25, 0.3) is 0 Å². The highest BCUT2D eigenvalue weighted by atomic mass is 15.1. The Labute approximate surface area is 94.2 Å². The van der Waals surface area contributed by atoms with Crippen LogP contribution in [0.3, 0.4) is 0 Å². The maximum Gasteiger partial charge on any atom is 0.146 e. The second kappa shape index (κ2) is 4.15. The number of hydrogen-bond donors (Lipinski definition) is 0. The summed E-state index contributed by atoms with van der Waals surface area (Å²) < 4.78 is 1.78. The first-order chi connectivity index (χ1) is 7.72. The van der Waals surface area contributed by atoms with E-state index in [-0.39, 0.29) is 0 Å². The summed E-state index contributed by atoms with van der Waals surface area (Å²) in [6, 6.07) is 5.98. The van der Waals surface area contributed by atoms with Crippen molar-refractivity contribution in [2.45, 2.75) is 19.8 Å². The van der Waals surface area contributed by atoms with E-state index in [1.807, 2.05) is 12.1 Å². The van der Waals surface area contributed by atoms with E-state index in [9.17, 15) is 0 Å². The van der Waals surface area contributed by atoms with Gasteiger partial charge in [-0.05, 0) is 17.5 Å². The molecule has 0 spiro atoms. The van der Waals surface area contributed by atoms with Crippen molar-refractivity contribution in [3.05, 3.63) is 42.1 Å². The summed E-state index contributed by atoms with van der Waals surface area (Å²) in [5, 5.41) is 9.05. The first-order valence-corrected chi connectivity index (χ1v) is 5.11. The zero-order chi connectivity index (χ0) is 11.5. The first-order valence-electron chi connectivity index (χ1n) is 5.11. The summed E-state index contributed by atoms with van der Waals surface area (Å²) in [6.07, 6.45) is 5.15. The fourth-order valence-electron chi connectivity index (χ4n) is 1.55. The molecule has 2 rings (SSSR count). The van der Waals surface area contributed by atoms with Crippen LogP contribution < -0.4 is 0 Å². The molecular formula is C12H12N4. The highest BCUT2D eigenvalue weighted by Gasteiger charge is 2.09. The van der Waals surface area contributed by atoms with E-state index < -0.39 is 0 Å². The Balaban J connectivity index is 2.50. The molecule has 0 aromatic carbocycles. The molecule has 0 radical (unpaired) electrons. The maximum atomic E-state index is 9.05. The minimum Gasteiger partial charge on any atom is -0.290 e. The summed E-state index contributed by atoms with van der Waals surface area (Å²) in [7, 11) is 0. The van der Waals surface area contributed by atoms with Crippen molar-refractivity contribution in [3.8, 4) is 11.9 Å². The van der Waals surface area contributed by atoms with E-state index in [0.717, 1.165) is 11.4 Å². The minimum atomic E-state index is 0.305. The molecule has 4 nitrogen and oxygen atoms in total. The number of hydrogen-bond acceptors (Lipinski definition) is 3. The van der Waals surface area contributed by atoms with Gasteiger partial charge in [-0.2, -0.15) is 5.26 Å². The topological polar surface area (TPSA) is 54.5 Å². The van der Waals surface area contributed by atoms with Crippen molar-refractivity contribution >= 4 is 0 Å². The fraction of sp³-hybridized carbons (Fsp3) is 0.250. The molecule has 0 atom stereocenters. The van der Waals surface area contributed by atoms with Crippen LogP contribution in [0.15, 0.2) is 30.9 Å². The normalized spacial score (nSPS) is 10.4. The molecule has 0 aliphatic rings. The average Bonchev–Trinajstić information content (AvgIpc) is 2.81. The van der Waals surface area contributed by atoms with E-state index in [1.165, 1.54) is 0 Å². The van der Waals surface area contributed by atoms with E-state index in [0.29, 0.717) is 11.6 Å². The summed E-state index contributed by atoms with van der Waals surface area (Å²) in [5.41, 5.74) is 1.47. The lowest BCUT2D eigenvalue weighted by Crippen LogP contribution is -2.01. The molecule has 0 aliphatic heterocycles. The Morgan fingerprint density at radius 1 is 1.38 bits per heavy atom. The summed E-state index contributed by atoms with van der Waals surface area (Å²) in [6.45, 7) is 4.10. The van der Waals surface area contributed by atoms with Gasteiger partial charge in [-0.25, -0.2) is 9.97 Å². The van der Waals surface area contributed by atoms with Crippen molar-refractivity contribution in [3.63, 3.8) is 0 Å². The highest BCUT2D eigenvalue weighted by molar-refractivity contribution is 5.38. The van der Waals surface area contributed by atoms with E-state index in [2.05, 4.69) is 29.9 Å². The molecular weight excluding hydrogens is 200 g/mol. The smallest absolute Gasteiger partial charge is 0.146 e. The summed E-state index contributed by atoms with van der Waals surface area (Å²) >= 11 is 0. The van der Waals surface area contributed by atoms with Crippen molar-refractivity contribution in [1.29, 1.82) is 5.26 Å². The maximum absolute atomic E-state index is 9.05. The van der Waals surface area contributed by atoms with E-state index >= 15 is 0 Å². The number of imidazole rings is 1. The second-order valence-electron chi connectivity index (χ2n) is 3.84. The number of aromatic nitrogens is 3. The second-order valence-corrected chi connectivity index (χ2v) is 3.84. The van der Waals surface area contributed by atoms with Gasteiger partial charge in [0.2, 0.25) is 0 Å². The molecule has 0 saturated carbocycles. The molecule has 16 heavy (non-hydrogen) atoms. The van der Waals surface area contributed by atoms with Crippen LogP contribution in [0.1, 0.15) is 31.0 Å². The van der Waals surface area contributed by atoms with Crippen LogP contribution in [0.4, 0.5) is 0 Å². The van der Waals surface area contributed by atoms with E-state index in [4.69, 9.17) is 5.26 Å². The van der Waals surface area contributed by atoms with Crippen LogP contribution in [-0.2, 0) is 0 Å². The quantitative estimate of drug-likeness (QED) is 0.767. The fourth-order valence-corrected chi connectivity index (χ4v) is 1.55. The Kier molecular flexibility index (Phi) is 2.69. The lowest BCUT2D eigenvalue weighted by atomic mass is 10.0. The van der Waals surface area contributed by atoms with Gasteiger partial charge in [-0.15, -0.1) is 0 Å². The van der Waals surface area contributed by atoms with E-state index in [1.54, 1.807) is 23.3 Å². The van der Waals surface area contributed by atoms with Crippen molar-refractivity contribution in [1.82, 2.24) is 14.5 Å². The molecule has 0 unspecified atom stereocenters. The van der Waals surface area contributed by atoms with Gasteiger partial charge in [0, 0.05) is 12.4 Å². The molecule has 0 bridgehead atoms. The monoisotopic (exact) mass is 212 g/mol. The molecule has 0 saturated heterocycles. The number of pyridine rings is 1. The van der Waals surface area contributed by atoms with Gasteiger partial charge in [0.05, 0.1) is 0 Å². The van der Waals surface area contributed by atoms with Crippen molar-refractivity contribution in [2.75, 3.05) is 0 Å². The van der Waals surface area contributed by atoms with Gasteiger partial charge in [-0.3, -0.25) is 4.57 Å². The lowest BCUT2D eigenvalue weighted by molar-refractivity contribution is 0.844. The number of nitriles is 1. The molecule has 0 N–H and O–H groups in total. The van der Waals surface area contributed by atoms with Crippen LogP contribution in [0, 0.1) is 11.3 Å². The third-order valence-corrected chi connectivity index (χ3v) is 2.41. The SMILES string of the molecule is CC(C)c1ccc(-n2ccnc2)nc1C#N. The minimum absolute atomic E-state index is 0.305. The Morgan fingerprint density at radius 3 is 2.75 bits per heavy atom. The Morgan fingerprint density at radius 2 is 2.19 bits per heavy atom. The van der Waals surface area contributed by atoms with Crippen molar-refractivity contribution in [2.24, 2.45) is 0 Å². The van der Waals surface area contributed by atoms with Gasteiger partial charge >= 0.3 is 0 Å². The number of rotatable bonds is 2. The third kappa shape index (κ3) is 1.80. The molecule has 80 valence electrons. The van der Waals surface area contributed by atoms with Crippen LogP contribution in [-0.4, -0.2) is 14.5 Å². The van der Waals surface area contributed by atoms with Crippen LogP contribution in [0.5, 0.6) is 0 Å². The molecule has 0 amide bonds. The lowest BCUT2D eigenvalue weighted by Gasteiger charge is -2.08. The third-order valence-electron chi connectivity index (χ3n) is 2.41. The number of nitrogens with zero attached hydrogens (tertiary/aromatic N) is 4. The molecule has 2 heterocycles. The average molecular weight is 212 g/mol. The summed E-state index contributed by atoms with van der Waals surface area (Å²) in [5.74, 6) is 1.03. The molecule has 4 heteroatoms.